The normalized spacial score (nSPS) is 13.5. The van der Waals surface area contributed by atoms with E-state index in [1.54, 1.807) is 0 Å². The molecule has 6 heteroatoms. The van der Waals surface area contributed by atoms with Crippen LogP contribution in [0.4, 0.5) is 0 Å². The van der Waals surface area contributed by atoms with Crippen molar-refractivity contribution in [3.63, 3.8) is 0 Å². The highest BCUT2D eigenvalue weighted by molar-refractivity contribution is 7.09. The van der Waals surface area contributed by atoms with E-state index >= 15 is 0 Å². The van der Waals surface area contributed by atoms with Crippen molar-refractivity contribution in [2.75, 3.05) is 13.2 Å². The number of fused-ring (bicyclic) bond motifs is 3. The van der Waals surface area contributed by atoms with Crippen molar-refractivity contribution in [3.8, 4) is 11.1 Å². The van der Waals surface area contributed by atoms with Gasteiger partial charge in [-0.2, -0.15) is 0 Å². The summed E-state index contributed by atoms with van der Waals surface area (Å²) in [5.41, 5.74) is 4.64. The van der Waals surface area contributed by atoms with E-state index in [2.05, 4.69) is 29.6 Å². The number of thiophene rings is 1. The number of nitrogens with one attached hydrogen (secondary N) is 1. The van der Waals surface area contributed by atoms with Crippen LogP contribution in [0, 0.1) is 0 Å². The summed E-state index contributed by atoms with van der Waals surface area (Å²) in [6.07, 6.45) is 0.337. The summed E-state index contributed by atoms with van der Waals surface area (Å²) in [5.74, 6) is -1.44. The Kier molecular flexibility index (Phi) is 5.74. The Hall–Kier alpha value is -2.96. The third kappa shape index (κ3) is 4.23. The Morgan fingerprint density at radius 1 is 1.00 bits per heavy atom. The minimum atomic E-state index is -0.982. The van der Waals surface area contributed by atoms with Crippen molar-refractivity contribution in [3.05, 3.63) is 82.0 Å². The Bertz CT molecular complexity index is 970. The molecule has 0 radical (unpaired) electrons. The van der Waals surface area contributed by atoms with Gasteiger partial charge in [0.25, 0.3) is 0 Å². The molecule has 4 rings (SSSR count). The lowest BCUT2D eigenvalue weighted by molar-refractivity contribution is -0.143. The van der Waals surface area contributed by atoms with Crippen LogP contribution in [0.1, 0.15) is 21.9 Å². The molecular formula is C23H21NO4S. The molecule has 0 saturated carbocycles. The number of carbonyl (C=O) groups excluding carboxylic acids is 1. The van der Waals surface area contributed by atoms with Crippen LogP contribution in [0.25, 0.3) is 11.1 Å². The molecule has 1 aromatic heterocycles. The number of hydrogen-bond acceptors (Lipinski definition) is 5. The Morgan fingerprint density at radius 3 is 2.24 bits per heavy atom. The van der Waals surface area contributed by atoms with Gasteiger partial charge in [-0.05, 0) is 33.7 Å². The van der Waals surface area contributed by atoms with Crippen LogP contribution < -0.4 is 5.32 Å². The van der Waals surface area contributed by atoms with Gasteiger partial charge in [0.05, 0.1) is 6.54 Å². The summed E-state index contributed by atoms with van der Waals surface area (Å²) in [7, 11) is 0. The van der Waals surface area contributed by atoms with E-state index in [9.17, 15) is 14.7 Å². The van der Waals surface area contributed by atoms with Gasteiger partial charge >= 0.3 is 11.9 Å². The van der Waals surface area contributed by atoms with Crippen LogP contribution in [0.5, 0.6) is 0 Å². The number of rotatable bonds is 8. The molecule has 1 aliphatic rings. The molecule has 0 unspecified atom stereocenters. The summed E-state index contributed by atoms with van der Waals surface area (Å²) < 4.78 is 5.51. The van der Waals surface area contributed by atoms with Gasteiger partial charge in [-0.1, -0.05) is 54.6 Å². The highest BCUT2D eigenvalue weighted by Gasteiger charge is 2.29. The maximum Gasteiger partial charge on any atom is 0.321 e. The van der Waals surface area contributed by atoms with Gasteiger partial charge in [0.15, 0.2) is 0 Å². The molecule has 5 nitrogen and oxygen atoms in total. The summed E-state index contributed by atoms with van der Waals surface area (Å²) in [4.78, 5) is 24.7. The van der Waals surface area contributed by atoms with E-state index in [0.29, 0.717) is 6.42 Å². The van der Waals surface area contributed by atoms with Crippen LogP contribution >= 0.6 is 11.3 Å². The SMILES string of the molecule is O=C(CN[C@H](Cc1cccs1)C(=O)O)OCC1c2ccccc2-c2ccccc21. The predicted molar refractivity (Wildman–Crippen MR) is 112 cm³/mol. The zero-order valence-corrected chi connectivity index (χ0v) is 16.5. The second-order valence-electron chi connectivity index (χ2n) is 6.97. The fourth-order valence-electron chi connectivity index (χ4n) is 3.75. The quantitative estimate of drug-likeness (QED) is 0.557. The maximum absolute atomic E-state index is 12.3. The topological polar surface area (TPSA) is 75.6 Å². The zero-order valence-electron chi connectivity index (χ0n) is 15.7. The number of carbonyl (C=O) groups is 2. The molecule has 0 spiro atoms. The third-order valence-electron chi connectivity index (χ3n) is 5.15. The fourth-order valence-corrected chi connectivity index (χ4v) is 4.50. The first kappa shape index (κ1) is 19.4. The van der Waals surface area contributed by atoms with Crippen molar-refractivity contribution < 1.29 is 19.4 Å². The molecule has 2 aromatic carbocycles. The van der Waals surface area contributed by atoms with Gasteiger partial charge in [0.1, 0.15) is 12.6 Å². The standard InChI is InChI=1S/C23H21NO4S/c25-22(13-24-21(23(26)27)12-15-6-5-11-29-15)28-14-20-18-9-3-1-7-16(18)17-8-2-4-10-19(17)20/h1-11,20-21,24H,12-14H2,(H,26,27)/t21-/m1/s1. The minimum Gasteiger partial charge on any atom is -0.480 e. The molecule has 0 aliphatic heterocycles. The van der Waals surface area contributed by atoms with Crippen LogP contribution in [0.15, 0.2) is 66.0 Å². The zero-order chi connectivity index (χ0) is 20.2. The van der Waals surface area contributed by atoms with Gasteiger partial charge in [0.2, 0.25) is 0 Å². The Labute approximate surface area is 173 Å². The molecule has 0 bridgehead atoms. The Morgan fingerprint density at radius 2 is 1.66 bits per heavy atom. The number of carboxylic acids is 1. The van der Waals surface area contributed by atoms with E-state index in [1.807, 2.05) is 41.8 Å². The van der Waals surface area contributed by atoms with Crippen LogP contribution in [-0.4, -0.2) is 36.2 Å². The van der Waals surface area contributed by atoms with Crippen LogP contribution in [0.2, 0.25) is 0 Å². The van der Waals surface area contributed by atoms with Gasteiger partial charge in [0, 0.05) is 17.2 Å². The maximum atomic E-state index is 12.3. The molecule has 0 fully saturated rings. The molecule has 0 saturated heterocycles. The van der Waals surface area contributed by atoms with E-state index in [4.69, 9.17) is 4.74 Å². The predicted octanol–water partition coefficient (Wildman–Crippen LogP) is 3.69. The number of benzene rings is 2. The molecule has 1 heterocycles. The van der Waals surface area contributed by atoms with Crippen molar-refractivity contribution in [2.24, 2.45) is 0 Å². The van der Waals surface area contributed by atoms with E-state index < -0.39 is 18.0 Å². The lowest BCUT2D eigenvalue weighted by Crippen LogP contribution is -2.41. The first-order valence-electron chi connectivity index (χ1n) is 9.46. The second-order valence-corrected chi connectivity index (χ2v) is 8.00. The van der Waals surface area contributed by atoms with Crippen molar-refractivity contribution >= 4 is 23.3 Å². The first-order valence-corrected chi connectivity index (χ1v) is 10.3. The molecule has 3 aromatic rings. The highest BCUT2D eigenvalue weighted by atomic mass is 32.1. The average Bonchev–Trinajstić information content (AvgIpc) is 3.35. The van der Waals surface area contributed by atoms with Crippen LogP contribution in [-0.2, 0) is 20.7 Å². The second kappa shape index (κ2) is 8.59. The summed E-state index contributed by atoms with van der Waals surface area (Å²) in [6.45, 7) is 0.0928. The highest BCUT2D eigenvalue weighted by Crippen LogP contribution is 2.44. The van der Waals surface area contributed by atoms with Gasteiger partial charge in [-0.15, -0.1) is 11.3 Å². The largest absolute Gasteiger partial charge is 0.480 e. The van der Waals surface area contributed by atoms with Crippen molar-refractivity contribution in [1.29, 1.82) is 0 Å². The smallest absolute Gasteiger partial charge is 0.321 e. The van der Waals surface area contributed by atoms with Crippen LogP contribution in [0.3, 0.4) is 0 Å². The number of carboxylic acid groups (broad SMARTS) is 1. The monoisotopic (exact) mass is 407 g/mol. The average molecular weight is 407 g/mol. The lowest BCUT2D eigenvalue weighted by Gasteiger charge is -2.16. The molecule has 148 valence electrons. The molecule has 1 atom stereocenters. The molecular weight excluding hydrogens is 386 g/mol. The number of aliphatic carboxylic acids is 1. The Balaban J connectivity index is 1.37. The first-order chi connectivity index (χ1) is 14.1. The van der Waals surface area contributed by atoms with E-state index in [-0.39, 0.29) is 19.1 Å². The van der Waals surface area contributed by atoms with E-state index in [1.165, 1.54) is 22.5 Å². The summed E-state index contributed by atoms with van der Waals surface area (Å²) >= 11 is 1.50. The summed E-state index contributed by atoms with van der Waals surface area (Å²) in [6, 6.07) is 19.2. The van der Waals surface area contributed by atoms with Gasteiger partial charge < -0.3 is 9.84 Å². The van der Waals surface area contributed by atoms with Gasteiger partial charge in [-0.25, -0.2) is 0 Å². The lowest BCUT2D eigenvalue weighted by atomic mass is 9.98. The number of hydrogen-bond donors (Lipinski definition) is 2. The number of esters is 1. The number of ether oxygens (including phenoxy) is 1. The molecule has 0 amide bonds. The van der Waals surface area contributed by atoms with Crippen molar-refractivity contribution in [2.45, 2.75) is 18.4 Å². The third-order valence-corrected chi connectivity index (χ3v) is 6.05. The minimum absolute atomic E-state index is 0.00672. The molecule has 2 N–H and O–H groups in total. The van der Waals surface area contributed by atoms with Gasteiger partial charge in [-0.3, -0.25) is 14.9 Å². The van der Waals surface area contributed by atoms with Crippen molar-refractivity contribution in [1.82, 2.24) is 5.32 Å². The van der Waals surface area contributed by atoms with E-state index in [0.717, 1.165) is 16.0 Å². The molecule has 1 aliphatic carbocycles. The fraction of sp³-hybridized carbons (Fsp3) is 0.217. The molecule has 29 heavy (non-hydrogen) atoms. The summed E-state index contributed by atoms with van der Waals surface area (Å²) in [5, 5.41) is 14.1.